The molecular weight excluding hydrogens is 340 g/mol. The van der Waals surface area contributed by atoms with Crippen molar-refractivity contribution in [1.29, 1.82) is 0 Å². The van der Waals surface area contributed by atoms with Crippen LogP contribution in [-0.4, -0.2) is 30.5 Å². The van der Waals surface area contributed by atoms with Crippen molar-refractivity contribution in [3.63, 3.8) is 0 Å². The van der Waals surface area contributed by atoms with Crippen molar-refractivity contribution in [3.05, 3.63) is 12.2 Å². The summed E-state index contributed by atoms with van der Waals surface area (Å²) < 4.78 is -0.990. The van der Waals surface area contributed by atoms with E-state index in [1.807, 2.05) is 12.2 Å². The molecule has 0 aromatic carbocycles. The Morgan fingerprint density at radius 3 is 2.61 bits per heavy atom. The lowest BCUT2D eigenvalue weighted by Gasteiger charge is -2.33. The molecule has 2 amide bonds. The number of halogens is 4. The zero-order valence-corrected chi connectivity index (χ0v) is 12.8. The summed E-state index contributed by atoms with van der Waals surface area (Å²) in [6.07, 6.45) is 4.60. The normalized spacial score (nSPS) is 33.2. The van der Waals surface area contributed by atoms with E-state index in [1.54, 1.807) is 0 Å². The fourth-order valence-corrected chi connectivity index (χ4v) is 4.55. The second-order valence-electron chi connectivity index (χ2n) is 4.08. The average molecular weight is 349 g/mol. The van der Waals surface area contributed by atoms with Crippen molar-refractivity contribution in [2.75, 3.05) is 0 Å². The van der Waals surface area contributed by atoms with E-state index < -0.39 is 26.1 Å². The molecule has 100 valence electrons. The third-order valence-corrected chi connectivity index (χ3v) is 6.52. The second kappa shape index (κ2) is 5.41. The molecule has 0 bridgehead atoms. The first-order valence-electron chi connectivity index (χ1n) is 5.19. The average Bonchev–Trinajstić information content (AvgIpc) is 2.52. The Hall–Kier alpha value is 0.390. The fourth-order valence-electron chi connectivity index (χ4n) is 2.20. The van der Waals surface area contributed by atoms with Gasteiger partial charge in [-0.05, 0) is 12.8 Å². The van der Waals surface area contributed by atoms with E-state index in [-0.39, 0.29) is 5.91 Å². The molecule has 1 heterocycles. The Balaban J connectivity index is 2.34. The smallest absolute Gasteiger partial charge is 0.261 e. The van der Waals surface area contributed by atoms with Gasteiger partial charge < -0.3 is 0 Å². The van der Waals surface area contributed by atoms with E-state index in [0.717, 1.165) is 11.8 Å². The number of hydrogen-bond donors (Lipinski definition) is 0. The zero-order chi connectivity index (χ0) is 13.5. The van der Waals surface area contributed by atoms with E-state index >= 15 is 0 Å². The van der Waals surface area contributed by atoms with Crippen LogP contribution in [0.5, 0.6) is 0 Å². The largest absolute Gasteiger partial charge is 0.273 e. The van der Waals surface area contributed by atoms with Crippen molar-refractivity contribution in [2.24, 2.45) is 5.92 Å². The third kappa shape index (κ3) is 2.27. The minimum Gasteiger partial charge on any atom is -0.273 e. The quantitative estimate of drug-likeness (QED) is 0.340. The van der Waals surface area contributed by atoms with Crippen LogP contribution in [0.25, 0.3) is 0 Å². The summed E-state index contributed by atoms with van der Waals surface area (Å²) in [4.78, 5) is 23.3. The standard InChI is InChI=1S/C10H9Cl4NO2S/c11-6(12)7(13)18-10-4-2-1-3-5(10)8(16)15(14)9(10)17/h1-2,5-7H,3-4H2. The van der Waals surface area contributed by atoms with Gasteiger partial charge >= 0.3 is 0 Å². The molecular formula is C10H9Cl4NO2S. The Morgan fingerprint density at radius 2 is 2.00 bits per heavy atom. The van der Waals surface area contributed by atoms with Gasteiger partial charge in [-0.2, -0.15) is 4.42 Å². The number of carbonyl (C=O) groups excluding carboxylic acids is 2. The van der Waals surface area contributed by atoms with Crippen LogP contribution in [0.4, 0.5) is 0 Å². The highest BCUT2D eigenvalue weighted by Crippen LogP contribution is 2.52. The molecule has 1 aliphatic heterocycles. The van der Waals surface area contributed by atoms with Gasteiger partial charge in [0.25, 0.3) is 5.91 Å². The summed E-state index contributed by atoms with van der Waals surface area (Å²) in [6.45, 7) is 0. The van der Waals surface area contributed by atoms with Gasteiger partial charge in [-0.25, -0.2) is 0 Å². The van der Waals surface area contributed by atoms with Crippen LogP contribution in [0, 0.1) is 5.92 Å². The first-order chi connectivity index (χ1) is 8.40. The van der Waals surface area contributed by atoms with Gasteiger partial charge in [-0.1, -0.05) is 12.2 Å². The maximum absolute atomic E-state index is 12.2. The van der Waals surface area contributed by atoms with Crippen molar-refractivity contribution in [3.8, 4) is 0 Å². The number of nitrogens with zero attached hydrogens (tertiary/aromatic N) is 1. The highest BCUT2D eigenvalue weighted by molar-refractivity contribution is 8.03. The lowest BCUT2D eigenvalue weighted by Crippen LogP contribution is -2.41. The molecule has 3 atom stereocenters. The van der Waals surface area contributed by atoms with Gasteiger partial charge in [0.05, 0.1) is 5.92 Å². The van der Waals surface area contributed by atoms with Gasteiger partial charge in [0.1, 0.15) is 14.3 Å². The molecule has 0 aromatic heterocycles. The molecule has 18 heavy (non-hydrogen) atoms. The van der Waals surface area contributed by atoms with Gasteiger partial charge in [0, 0.05) is 11.8 Å². The fraction of sp³-hybridized carbons (Fsp3) is 0.600. The molecule has 1 aliphatic carbocycles. The molecule has 8 heteroatoms. The summed E-state index contributed by atoms with van der Waals surface area (Å²) in [7, 11) is 0. The molecule has 0 radical (unpaired) electrons. The summed E-state index contributed by atoms with van der Waals surface area (Å²) in [5, 5.41) is 0. The Morgan fingerprint density at radius 1 is 1.33 bits per heavy atom. The van der Waals surface area contributed by atoms with E-state index in [2.05, 4.69) is 0 Å². The number of hydrogen-bond acceptors (Lipinski definition) is 3. The molecule has 2 aliphatic rings. The molecule has 3 unspecified atom stereocenters. The van der Waals surface area contributed by atoms with Gasteiger partial charge in [-0.15, -0.1) is 46.6 Å². The van der Waals surface area contributed by atoms with Crippen molar-refractivity contribution in [1.82, 2.24) is 4.42 Å². The topological polar surface area (TPSA) is 37.4 Å². The van der Waals surface area contributed by atoms with Crippen LogP contribution in [0.3, 0.4) is 0 Å². The van der Waals surface area contributed by atoms with Gasteiger partial charge in [-0.3, -0.25) is 9.59 Å². The van der Waals surface area contributed by atoms with Crippen molar-refractivity contribution >= 4 is 70.2 Å². The number of allylic oxidation sites excluding steroid dienone is 2. The number of rotatable bonds is 3. The molecule has 1 saturated heterocycles. The molecule has 1 fully saturated rings. The number of thioether (sulfide) groups is 1. The van der Waals surface area contributed by atoms with Crippen LogP contribution in [-0.2, 0) is 9.59 Å². The van der Waals surface area contributed by atoms with E-state index in [1.165, 1.54) is 0 Å². The molecule has 0 N–H and O–H groups in total. The number of carbonyl (C=O) groups is 2. The Labute approximate surface area is 129 Å². The minimum atomic E-state index is -0.970. The van der Waals surface area contributed by atoms with Crippen molar-refractivity contribution < 1.29 is 9.59 Å². The molecule has 0 spiro atoms. The lowest BCUT2D eigenvalue weighted by molar-refractivity contribution is -0.133. The number of alkyl halides is 3. The molecule has 0 saturated carbocycles. The third-order valence-electron chi connectivity index (χ3n) is 3.08. The summed E-state index contributed by atoms with van der Waals surface area (Å²) >= 11 is 24.3. The molecule has 3 nitrogen and oxygen atoms in total. The second-order valence-corrected chi connectivity index (χ2v) is 7.78. The number of imide groups is 1. The first kappa shape index (κ1) is 14.8. The maximum atomic E-state index is 12.2. The Kier molecular flexibility index (Phi) is 4.44. The highest BCUT2D eigenvalue weighted by Gasteiger charge is 2.60. The predicted octanol–water partition coefficient (Wildman–Crippen LogP) is 3.32. The highest BCUT2D eigenvalue weighted by atomic mass is 35.5. The monoisotopic (exact) mass is 347 g/mol. The van der Waals surface area contributed by atoms with Gasteiger partial charge in [0.15, 0.2) is 0 Å². The summed E-state index contributed by atoms with van der Waals surface area (Å²) in [6, 6.07) is 0. The maximum Gasteiger partial charge on any atom is 0.261 e. The minimum absolute atomic E-state index is 0.386. The van der Waals surface area contributed by atoms with Gasteiger partial charge in [0.2, 0.25) is 5.91 Å². The van der Waals surface area contributed by atoms with Crippen LogP contribution in [0.1, 0.15) is 12.8 Å². The van der Waals surface area contributed by atoms with E-state index in [4.69, 9.17) is 46.6 Å². The lowest BCUT2D eigenvalue weighted by atomic mass is 9.84. The van der Waals surface area contributed by atoms with Crippen LogP contribution in [0.15, 0.2) is 12.2 Å². The SMILES string of the molecule is O=C1C2CC=CCC2(SC(Cl)C(Cl)Cl)C(=O)N1Cl. The van der Waals surface area contributed by atoms with E-state index in [9.17, 15) is 9.59 Å². The first-order valence-corrected chi connectivity index (χ1v) is 7.72. The predicted molar refractivity (Wildman–Crippen MR) is 75.0 cm³/mol. The zero-order valence-electron chi connectivity index (χ0n) is 8.98. The summed E-state index contributed by atoms with van der Waals surface area (Å²) in [5.41, 5.74) is 0. The Bertz CT molecular complexity index is 417. The van der Waals surface area contributed by atoms with E-state index in [0.29, 0.717) is 17.3 Å². The van der Waals surface area contributed by atoms with Crippen LogP contribution in [0.2, 0.25) is 0 Å². The number of amides is 2. The molecule has 2 rings (SSSR count). The number of fused-ring (bicyclic) bond motifs is 1. The summed E-state index contributed by atoms with van der Waals surface area (Å²) in [5.74, 6) is -1.32. The van der Waals surface area contributed by atoms with Crippen LogP contribution < -0.4 is 0 Å². The van der Waals surface area contributed by atoms with Crippen LogP contribution >= 0.6 is 58.3 Å². The molecule has 0 aromatic rings. The van der Waals surface area contributed by atoms with Crippen molar-refractivity contribution in [2.45, 2.75) is 27.1 Å².